The van der Waals surface area contributed by atoms with Crippen LogP contribution in [-0.4, -0.2) is 37.4 Å². The van der Waals surface area contributed by atoms with Crippen LogP contribution in [0, 0.1) is 0 Å². The van der Waals surface area contributed by atoms with Crippen LogP contribution in [0.15, 0.2) is 60.7 Å². The lowest BCUT2D eigenvalue weighted by Crippen LogP contribution is -2.33. The smallest absolute Gasteiger partial charge is 0.260 e. The van der Waals surface area contributed by atoms with Crippen molar-refractivity contribution in [2.75, 3.05) is 25.0 Å². The molecule has 0 saturated carbocycles. The van der Waals surface area contributed by atoms with Gasteiger partial charge < -0.3 is 20.7 Å². The lowest BCUT2D eigenvalue weighted by atomic mass is 10.0. The molecule has 31 heavy (non-hydrogen) atoms. The lowest BCUT2D eigenvalue weighted by Gasteiger charge is -2.14. The average Bonchev–Trinajstić information content (AvgIpc) is 2.77. The molecule has 0 fully saturated rings. The van der Waals surface area contributed by atoms with Gasteiger partial charge in [-0.3, -0.25) is 14.4 Å². The summed E-state index contributed by atoms with van der Waals surface area (Å²) in [4.78, 5) is 36.1. The number of benzene rings is 3. The summed E-state index contributed by atoms with van der Waals surface area (Å²) in [6.07, 6.45) is 0. The Morgan fingerprint density at radius 1 is 0.839 bits per heavy atom. The second-order valence-electron chi connectivity index (χ2n) is 6.86. The molecule has 3 rings (SSSR count). The van der Waals surface area contributed by atoms with Crippen LogP contribution in [0.2, 0.25) is 0 Å². The minimum atomic E-state index is -0.284. The standard InChI is InChI=1S/C24H25N3O4/c1-3-31-21-13-10-17-6-4-5-7-20(17)22(21)24(30)27-19-11-8-18(9-12-19)23(29)26-15-14-25-16(2)28/h4-13H,3,14-15H2,1-2H3,(H,25,28)(H,26,29)(H,27,30). The molecule has 0 aliphatic heterocycles. The molecule has 0 unspecified atom stereocenters. The van der Waals surface area contributed by atoms with Crippen LogP contribution in [0.4, 0.5) is 5.69 Å². The maximum Gasteiger partial charge on any atom is 0.260 e. The Labute approximate surface area is 180 Å². The molecule has 0 atom stereocenters. The number of carbonyl (C=O) groups is 3. The molecule has 3 amide bonds. The molecule has 0 aromatic heterocycles. The van der Waals surface area contributed by atoms with E-state index in [1.807, 2.05) is 37.3 Å². The topological polar surface area (TPSA) is 96.5 Å². The summed E-state index contributed by atoms with van der Waals surface area (Å²) in [6, 6.07) is 18.0. The van der Waals surface area contributed by atoms with Gasteiger partial charge in [0, 0.05) is 31.3 Å². The molecule has 0 bridgehead atoms. The van der Waals surface area contributed by atoms with E-state index in [-0.39, 0.29) is 17.7 Å². The van der Waals surface area contributed by atoms with Crippen molar-refractivity contribution in [1.82, 2.24) is 10.6 Å². The van der Waals surface area contributed by atoms with Gasteiger partial charge in [0.15, 0.2) is 0 Å². The molecule has 160 valence electrons. The second-order valence-corrected chi connectivity index (χ2v) is 6.86. The van der Waals surface area contributed by atoms with Gasteiger partial charge in [0.1, 0.15) is 5.75 Å². The van der Waals surface area contributed by atoms with E-state index in [0.29, 0.717) is 42.3 Å². The third kappa shape index (κ3) is 5.60. The Kier molecular flexibility index (Phi) is 7.22. The quantitative estimate of drug-likeness (QED) is 0.488. The van der Waals surface area contributed by atoms with E-state index in [9.17, 15) is 14.4 Å². The maximum atomic E-state index is 13.1. The fourth-order valence-electron chi connectivity index (χ4n) is 3.18. The van der Waals surface area contributed by atoms with Crippen LogP contribution in [0.1, 0.15) is 34.6 Å². The lowest BCUT2D eigenvalue weighted by molar-refractivity contribution is -0.118. The highest BCUT2D eigenvalue weighted by atomic mass is 16.5. The number of carbonyl (C=O) groups excluding carboxylic acids is 3. The fourth-order valence-corrected chi connectivity index (χ4v) is 3.18. The summed E-state index contributed by atoms with van der Waals surface area (Å²) in [7, 11) is 0. The molecule has 0 aliphatic carbocycles. The fraction of sp³-hybridized carbons (Fsp3) is 0.208. The van der Waals surface area contributed by atoms with Crippen molar-refractivity contribution in [1.29, 1.82) is 0 Å². The van der Waals surface area contributed by atoms with Crippen molar-refractivity contribution in [2.24, 2.45) is 0 Å². The van der Waals surface area contributed by atoms with Crippen LogP contribution in [0.5, 0.6) is 5.75 Å². The number of rotatable bonds is 8. The number of hydrogen-bond acceptors (Lipinski definition) is 4. The summed E-state index contributed by atoms with van der Waals surface area (Å²) >= 11 is 0. The Hall–Kier alpha value is -3.87. The zero-order valence-electron chi connectivity index (χ0n) is 17.5. The summed E-state index contributed by atoms with van der Waals surface area (Å²) in [6.45, 7) is 4.44. The Morgan fingerprint density at radius 2 is 1.55 bits per heavy atom. The molecule has 7 nitrogen and oxygen atoms in total. The molecule has 7 heteroatoms. The van der Waals surface area contributed by atoms with Gasteiger partial charge in [-0.05, 0) is 48.0 Å². The summed E-state index contributed by atoms with van der Waals surface area (Å²) in [5.41, 5.74) is 1.50. The van der Waals surface area contributed by atoms with Gasteiger partial charge in [0.25, 0.3) is 11.8 Å². The van der Waals surface area contributed by atoms with Gasteiger partial charge >= 0.3 is 0 Å². The molecular weight excluding hydrogens is 394 g/mol. The number of nitrogens with one attached hydrogen (secondary N) is 3. The second kappa shape index (κ2) is 10.2. The molecule has 0 spiro atoms. The van der Waals surface area contributed by atoms with E-state index >= 15 is 0 Å². The van der Waals surface area contributed by atoms with E-state index in [1.165, 1.54) is 6.92 Å². The number of ether oxygens (including phenoxy) is 1. The molecule has 3 N–H and O–H groups in total. The monoisotopic (exact) mass is 419 g/mol. The van der Waals surface area contributed by atoms with Crippen molar-refractivity contribution in [2.45, 2.75) is 13.8 Å². The molecule has 3 aromatic rings. The van der Waals surface area contributed by atoms with Crippen LogP contribution in [0.25, 0.3) is 10.8 Å². The molecule has 3 aromatic carbocycles. The largest absolute Gasteiger partial charge is 0.493 e. The van der Waals surface area contributed by atoms with E-state index in [1.54, 1.807) is 30.3 Å². The van der Waals surface area contributed by atoms with Gasteiger partial charge in [0.2, 0.25) is 5.91 Å². The molecule has 0 radical (unpaired) electrons. The highest BCUT2D eigenvalue weighted by molar-refractivity contribution is 6.15. The van der Waals surface area contributed by atoms with Crippen molar-refractivity contribution in [3.63, 3.8) is 0 Å². The van der Waals surface area contributed by atoms with Crippen LogP contribution >= 0.6 is 0 Å². The number of amides is 3. The predicted molar refractivity (Wildman–Crippen MR) is 121 cm³/mol. The minimum Gasteiger partial charge on any atom is -0.493 e. The zero-order chi connectivity index (χ0) is 22.2. The van der Waals surface area contributed by atoms with Crippen molar-refractivity contribution in [3.05, 3.63) is 71.8 Å². The first-order chi connectivity index (χ1) is 15.0. The van der Waals surface area contributed by atoms with Gasteiger partial charge in [-0.15, -0.1) is 0 Å². The zero-order valence-corrected chi connectivity index (χ0v) is 17.5. The maximum absolute atomic E-state index is 13.1. The number of fused-ring (bicyclic) bond motifs is 1. The third-order valence-corrected chi connectivity index (χ3v) is 4.61. The molecular formula is C24H25N3O4. The van der Waals surface area contributed by atoms with Gasteiger partial charge in [0.05, 0.1) is 12.2 Å². The van der Waals surface area contributed by atoms with Gasteiger partial charge in [-0.25, -0.2) is 0 Å². The predicted octanol–water partition coefficient (Wildman–Crippen LogP) is 3.36. The number of hydrogen-bond donors (Lipinski definition) is 3. The van der Waals surface area contributed by atoms with E-state index < -0.39 is 0 Å². The minimum absolute atomic E-state index is 0.145. The first-order valence-electron chi connectivity index (χ1n) is 10.1. The van der Waals surface area contributed by atoms with E-state index in [0.717, 1.165) is 10.8 Å². The van der Waals surface area contributed by atoms with Crippen molar-refractivity contribution >= 4 is 34.2 Å². The van der Waals surface area contributed by atoms with Crippen LogP contribution in [-0.2, 0) is 4.79 Å². The molecule has 0 saturated heterocycles. The van der Waals surface area contributed by atoms with Crippen LogP contribution < -0.4 is 20.7 Å². The third-order valence-electron chi connectivity index (χ3n) is 4.61. The van der Waals surface area contributed by atoms with Gasteiger partial charge in [-0.2, -0.15) is 0 Å². The normalized spacial score (nSPS) is 10.4. The Balaban J connectivity index is 1.72. The summed E-state index contributed by atoms with van der Waals surface area (Å²) in [5.74, 6) is -0.162. The molecule has 0 heterocycles. The van der Waals surface area contributed by atoms with E-state index in [4.69, 9.17) is 4.74 Å². The SMILES string of the molecule is CCOc1ccc2ccccc2c1C(=O)Nc1ccc(C(=O)NCCNC(C)=O)cc1. The van der Waals surface area contributed by atoms with Crippen molar-refractivity contribution in [3.8, 4) is 5.75 Å². The Morgan fingerprint density at radius 3 is 2.26 bits per heavy atom. The van der Waals surface area contributed by atoms with E-state index in [2.05, 4.69) is 16.0 Å². The Bertz CT molecular complexity index is 1090. The van der Waals surface area contributed by atoms with Gasteiger partial charge in [-0.1, -0.05) is 30.3 Å². The highest BCUT2D eigenvalue weighted by Crippen LogP contribution is 2.29. The summed E-state index contributed by atoms with van der Waals surface area (Å²) < 4.78 is 5.68. The van der Waals surface area contributed by atoms with Crippen molar-refractivity contribution < 1.29 is 19.1 Å². The first kappa shape index (κ1) is 21.8. The van der Waals surface area contributed by atoms with Crippen LogP contribution in [0.3, 0.4) is 0 Å². The first-order valence-corrected chi connectivity index (χ1v) is 10.1. The highest BCUT2D eigenvalue weighted by Gasteiger charge is 2.17. The number of anilines is 1. The molecule has 0 aliphatic rings. The summed E-state index contributed by atoms with van der Waals surface area (Å²) in [5, 5.41) is 9.97. The average molecular weight is 419 g/mol.